The molecule has 0 bridgehead atoms. The van der Waals surface area contributed by atoms with Crippen molar-refractivity contribution < 1.29 is 4.79 Å². The van der Waals surface area contributed by atoms with Crippen LogP contribution in [-0.2, 0) is 4.79 Å². The number of nitrogens with one attached hydrogen (secondary N) is 1. The first kappa shape index (κ1) is 11.4. The number of hydrogen-bond donors (Lipinski definition) is 1. The minimum atomic E-state index is 0.320. The SMILES string of the molecule is CCC(Br)CCNC(=O)C1C2CCCC21. The lowest BCUT2D eigenvalue weighted by Crippen LogP contribution is -2.28. The molecule has 2 fully saturated rings. The quantitative estimate of drug-likeness (QED) is 0.767. The van der Waals surface area contributed by atoms with E-state index < -0.39 is 0 Å². The maximum absolute atomic E-state index is 11.8. The second-order valence-electron chi connectivity index (χ2n) is 4.87. The van der Waals surface area contributed by atoms with Gasteiger partial charge in [-0.1, -0.05) is 29.3 Å². The lowest BCUT2D eigenvalue weighted by atomic mass is 10.1. The van der Waals surface area contributed by atoms with Gasteiger partial charge in [0.05, 0.1) is 0 Å². The Morgan fingerprint density at radius 3 is 2.73 bits per heavy atom. The van der Waals surface area contributed by atoms with E-state index >= 15 is 0 Å². The van der Waals surface area contributed by atoms with Crippen LogP contribution in [0.25, 0.3) is 0 Å². The van der Waals surface area contributed by atoms with E-state index in [2.05, 4.69) is 28.2 Å². The zero-order chi connectivity index (χ0) is 10.8. The third-order valence-corrected chi connectivity index (χ3v) is 5.01. The monoisotopic (exact) mass is 273 g/mol. The first-order chi connectivity index (χ1) is 7.24. The molecule has 2 rings (SSSR count). The summed E-state index contributed by atoms with van der Waals surface area (Å²) < 4.78 is 0. The molecule has 2 saturated carbocycles. The molecular formula is C12H20BrNO. The zero-order valence-electron chi connectivity index (χ0n) is 9.34. The number of rotatable bonds is 5. The fourth-order valence-corrected chi connectivity index (χ4v) is 3.11. The van der Waals surface area contributed by atoms with Gasteiger partial charge in [0.2, 0.25) is 5.91 Å². The molecular weight excluding hydrogens is 254 g/mol. The molecule has 2 nitrogen and oxygen atoms in total. The summed E-state index contributed by atoms with van der Waals surface area (Å²) in [4.78, 5) is 12.3. The minimum Gasteiger partial charge on any atom is -0.356 e. The molecule has 86 valence electrons. The van der Waals surface area contributed by atoms with Crippen molar-refractivity contribution in [1.29, 1.82) is 0 Å². The Balaban J connectivity index is 1.62. The minimum absolute atomic E-state index is 0.320. The van der Waals surface area contributed by atoms with Crippen LogP contribution in [-0.4, -0.2) is 17.3 Å². The number of fused-ring (bicyclic) bond motifs is 1. The summed E-state index contributed by atoms with van der Waals surface area (Å²) in [5.74, 6) is 2.20. The normalized spacial score (nSPS) is 34.7. The van der Waals surface area contributed by atoms with Crippen molar-refractivity contribution in [3.8, 4) is 0 Å². The molecule has 0 saturated heterocycles. The summed E-state index contributed by atoms with van der Waals surface area (Å²) in [6.45, 7) is 2.99. The van der Waals surface area contributed by atoms with Gasteiger partial charge in [-0.25, -0.2) is 0 Å². The lowest BCUT2D eigenvalue weighted by molar-refractivity contribution is -0.123. The van der Waals surface area contributed by atoms with Gasteiger partial charge < -0.3 is 5.32 Å². The van der Waals surface area contributed by atoms with Gasteiger partial charge in [0.1, 0.15) is 0 Å². The van der Waals surface area contributed by atoms with Crippen molar-refractivity contribution in [3.05, 3.63) is 0 Å². The summed E-state index contributed by atoms with van der Waals surface area (Å²) in [5.41, 5.74) is 0. The molecule has 0 radical (unpaired) electrons. The van der Waals surface area contributed by atoms with E-state index in [4.69, 9.17) is 0 Å². The Labute approximate surface area is 100 Å². The predicted molar refractivity (Wildman–Crippen MR) is 65.0 cm³/mol. The Hall–Kier alpha value is -0.0500. The van der Waals surface area contributed by atoms with Crippen LogP contribution in [0.1, 0.15) is 39.0 Å². The van der Waals surface area contributed by atoms with E-state index in [1.54, 1.807) is 0 Å². The van der Waals surface area contributed by atoms with Gasteiger partial charge in [-0.3, -0.25) is 4.79 Å². The van der Waals surface area contributed by atoms with Crippen molar-refractivity contribution in [3.63, 3.8) is 0 Å². The Morgan fingerprint density at radius 2 is 2.13 bits per heavy atom. The van der Waals surface area contributed by atoms with Crippen LogP contribution in [0.5, 0.6) is 0 Å². The van der Waals surface area contributed by atoms with Crippen LogP contribution in [0.15, 0.2) is 0 Å². The summed E-state index contributed by atoms with van der Waals surface area (Å²) >= 11 is 3.58. The van der Waals surface area contributed by atoms with Crippen molar-refractivity contribution in [1.82, 2.24) is 5.32 Å². The summed E-state index contributed by atoms with van der Waals surface area (Å²) in [7, 11) is 0. The second kappa shape index (κ2) is 4.86. The maximum Gasteiger partial charge on any atom is 0.223 e. The smallest absolute Gasteiger partial charge is 0.223 e. The predicted octanol–water partition coefficient (Wildman–Crippen LogP) is 2.71. The average molecular weight is 274 g/mol. The van der Waals surface area contributed by atoms with Crippen molar-refractivity contribution in [2.24, 2.45) is 17.8 Å². The molecule has 3 unspecified atom stereocenters. The fraction of sp³-hybridized carbons (Fsp3) is 0.917. The first-order valence-corrected chi connectivity index (χ1v) is 7.07. The highest BCUT2D eigenvalue weighted by Crippen LogP contribution is 2.57. The molecule has 15 heavy (non-hydrogen) atoms. The molecule has 1 N–H and O–H groups in total. The van der Waals surface area contributed by atoms with Crippen LogP contribution in [0.2, 0.25) is 0 Å². The van der Waals surface area contributed by atoms with E-state index in [9.17, 15) is 4.79 Å². The Bertz CT molecular complexity index is 234. The standard InChI is InChI=1S/C12H20BrNO/c1-2-8(13)6-7-14-12(15)11-9-4-3-5-10(9)11/h8-11H,2-7H2,1H3,(H,14,15). The first-order valence-electron chi connectivity index (χ1n) is 6.15. The molecule has 0 heterocycles. The van der Waals surface area contributed by atoms with Gasteiger partial charge in [0.25, 0.3) is 0 Å². The number of amides is 1. The molecule has 3 atom stereocenters. The van der Waals surface area contributed by atoms with Crippen molar-refractivity contribution >= 4 is 21.8 Å². The van der Waals surface area contributed by atoms with Gasteiger partial charge in [0.15, 0.2) is 0 Å². The average Bonchev–Trinajstić information content (AvgIpc) is 2.72. The van der Waals surface area contributed by atoms with Crippen LogP contribution >= 0.6 is 15.9 Å². The number of carbonyl (C=O) groups is 1. The molecule has 0 aromatic heterocycles. The number of hydrogen-bond acceptors (Lipinski definition) is 1. The summed E-state index contributed by atoms with van der Waals surface area (Å²) in [5, 5.41) is 3.07. The number of halogens is 1. The topological polar surface area (TPSA) is 29.1 Å². The molecule has 0 spiro atoms. The van der Waals surface area contributed by atoms with Crippen molar-refractivity contribution in [2.75, 3.05) is 6.54 Å². The highest BCUT2D eigenvalue weighted by Gasteiger charge is 2.56. The number of alkyl halides is 1. The van der Waals surface area contributed by atoms with Gasteiger partial charge in [-0.05, 0) is 37.5 Å². The Kier molecular flexibility index (Phi) is 3.70. The summed E-state index contributed by atoms with van der Waals surface area (Å²) in [6.07, 6.45) is 6.10. The number of carbonyl (C=O) groups excluding carboxylic acids is 1. The van der Waals surface area contributed by atoms with E-state index in [0.717, 1.165) is 31.2 Å². The van der Waals surface area contributed by atoms with E-state index in [-0.39, 0.29) is 0 Å². The molecule has 2 aliphatic rings. The molecule has 2 aliphatic carbocycles. The second-order valence-corrected chi connectivity index (χ2v) is 6.16. The van der Waals surface area contributed by atoms with Gasteiger partial charge in [0, 0.05) is 17.3 Å². The highest BCUT2D eigenvalue weighted by molar-refractivity contribution is 9.09. The lowest BCUT2D eigenvalue weighted by Gasteiger charge is -2.09. The Morgan fingerprint density at radius 1 is 1.47 bits per heavy atom. The largest absolute Gasteiger partial charge is 0.356 e. The van der Waals surface area contributed by atoms with Crippen LogP contribution in [0.3, 0.4) is 0 Å². The van der Waals surface area contributed by atoms with Crippen LogP contribution < -0.4 is 5.32 Å². The van der Waals surface area contributed by atoms with E-state index in [0.29, 0.717) is 16.7 Å². The molecule has 1 amide bonds. The van der Waals surface area contributed by atoms with Crippen molar-refractivity contribution in [2.45, 2.75) is 43.9 Å². The van der Waals surface area contributed by atoms with Crippen LogP contribution in [0, 0.1) is 17.8 Å². The van der Waals surface area contributed by atoms with Gasteiger partial charge in [-0.15, -0.1) is 0 Å². The maximum atomic E-state index is 11.8. The third-order valence-electron chi connectivity index (χ3n) is 3.91. The molecule has 0 aromatic carbocycles. The van der Waals surface area contributed by atoms with E-state index in [1.165, 1.54) is 19.3 Å². The zero-order valence-corrected chi connectivity index (χ0v) is 10.9. The molecule has 0 aromatic rings. The van der Waals surface area contributed by atoms with Gasteiger partial charge >= 0.3 is 0 Å². The molecule has 3 heteroatoms. The fourth-order valence-electron chi connectivity index (χ4n) is 2.88. The third kappa shape index (κ3) is 2.55. The van der Waals surface area contributed by atoms with Gasteiger partial charge in [-0.2, -0.15) is 0 Å². The van der Waals surface area contributed by atoms with E-state index in [1.807, 2.05) is 0 Å². The highest BCUT2D eigenvalue weighted by atomic mass is 79.9. The van der Waals surface area contributed by atoms with Crippen LogP contribution in [0.4, 0.5) is 0 Å². The molecule has 0 aliphatic heterocycles. The summed E-state index contributed by atoms with van der Waals surface area (Å²) in [6, 6.07) is 0.